The number of carbonyl (C=O) groups excluding carboxylic acids is 3. The van der Waals surface area contributed by atoms with E-state index in [9.17, 15) is 50.7 Å². The molecule has 0 aliphatic heterocycles. The van der Waals surface area contributed by atoms with E-state index in [2.05, 4.69) is 0 Å². The van der Waals surface area contributed by atoms with Gasteiger partial charge in [0.05, 0.1) is 16.9 Å². The number of esters is 1. The van der Waals surface area contributed by atoms with Crippen molar-refractivity contribution >= 4 is 35.4 Å². The number of carboxylic acids is 1. The number of alkyl halides is 6. The Morgan fingerprint density at radius 3 is 1.97 bits per heavy atom. The van der Waals surface area contributed by atoms with Gasteiger partial charge in [0.1, 0.15) is 6.61 Å². The van der Waals surface area contributed by atoms with Crippen LogP contribution in [0.2, 0.25) is 0 Å². The van der Waals surface area contributed by atoms with Gasteiger partial charge in [-0.1, -0.05) is 6.92 Å². The van der Waals surface area contributed by atoms with E-state index in [0.29, 0.717) is 23.9 Å². The van der Waals surface area contributed by atoms with E-state index in [-0.39, 0.29) is 17.6 Å². The largest absolute Gasteiger partial charge is 0.475 e. The third-order valence-electron chi connectivity index (χ3n) is 3.90. The van der Waals surface area contributed by atoms with Gasteiger partial charge in [-0.25, -0.2) is 14.7 Å². The van der Waals surface area contributed by atoms with Crippen LogP contribution in [0.1, 0.15) is 30.0 Å². The molecule has 0 saturated carbocycles. The average Bonchev–Trinajstić information content (AvgIpc) is 2.72. The summed E-state index contributed by atoms with van der Waals surface area (Å²) in [4.78, 5) is 45.7. The zero-order valence-electron chi connectivity index (χ0n) is 16.7. The van der Waals surface area contributed by atoms with E-state index in [0.717, 1.165) is 0 Å². The van der Waals surface area contributed by atoms with Crippen LogP contribution in [0.5, 0.6) is 0 Å². The predicted octanol–water partition coefficient (Wildman–Crippen LogP) is 3.15. The number of carboxylic acid groups (broad SMARTS) is 1. The number of amides is 1. The Bertz CT molecular complexity index is 871. The van der Waals surface area contributed by atoms with E-state index in [1.807, 2.05) is 0 Å². The molecule has 184 valence electrons. The Morgan fingerprint density at radius 2 is 1.55 bits per heavy atom. The van der Waals surface area contributed by atoms with E-state index >= 15 is 0 Å². The third kappa shape index (κ3) is 8.57. The smallest absolute Gasteiger partial charge is 0.416 e. The maximum absolute atomic E-state index is 12.9. The van der Waals surface area contributed by atoms with Crippen LogP contribution in [-0.4, -0.2) is 56.6 Å². The second-order valence-electron chi connectivity index (χ2n) is 6.37. The Balaban J connectivity index is 3.06. The first-order valence-corrected chi connectivity index (χ1v) is 10.0. The molecular formula is C18H17F6NO7S. The number of ketones is 1. The molecule has 15 heteroatoms. The van der Waals surface area contributed by atoms with Crippen molar-refractivity contribution in [2.24, 2.45) is 0 Å². The molecule has 0 spiro atoms. The highest BCUT2D eigenvalue weighted by Gasteiger charge is 2.37. The zero-order valence-corrected chi connectivity index (χ0v) is 17.5. The molecule has 0 aromatic heterocycles. The second-order valence-corrected chi connectivity index (χ2v) is 7.40. The molecule has 1 atom stereocenters. The summed E-state index contributed by atoms with van der Waals surface area (Å²) < 4.78 is 82.3. The van der Waals surface area contributed by atoms with Crippen LogP contribution in [0, 0.1) is 0 Å². The number of halogens is 6. The van der Waals surface area contributed by atoms with E-state index < -0.39 is 76.8 Å². The molecule has 1 aromatic rings. The summed E-state index contributed by atoms with van der Waals surface area (Å²) in [5, 5.41) is 18.4. The summed E-state index contributed by atoms with van der Waals surface area (Å²) in [5.41, 5.74) is -3.93. The number of hydroxylamine groups is 2. The lowest BCUT2D eigenvalue weighted by Gasteiger charge is -2.24. The van der Waals surface area contributed by atoms with Gasteiger partial charge < -0.3 is 9.84 Å². The van der Waals surface area contributed by atoms with Gasteiger partial charge in [-0.05, 0) is 23.8 Å². The van der Waals surface area contributed by atoms with Crippen LogP contribution in [0.15, 0.2) is 18.2 Å². The van der Waals surface area contributed by atoms with E-state index in [1.165, 1.54) is 6.92 Å². The molecular weight excluding hydrogens is 488 g/mol. The Hall–Kier alpha value is -2.81. The predicted molar refractivity (Wildman–Crippen MR) is 98.9 cm³/mol. The summed E-state index contributed by atoms with van der Waals surface area (Å²) in [5.74, 6) is -6.59. The van der Waals surface area contributed by atoms with Gasteiger partial charge in [0, 0.05) is 12.2 Å². The molecule has 0 aliphatic rings. The number of nitrogens with zero attached hydrogens (tertiary/aromatic N) is 1. The number of hydrogen-bond donors (Lipinski definition) is 2. The van der Waals surface area contributed by atoms with Gasteiger partial charge in [-0.15, -0.1) is 0 Å². The van der Waals surface area contributed by atoms with E-state index in [4.69, 9.17) is 9.84 Å². The highest BCUT2D eigenvalue weighted by Crippen LogP contribution is 2.36. The molecule has 0 bridgehead atoms. The molecule has 0 aliphatic carbocycles. The number of rotatable bonds is 10. The number of aliphatic carboxylic acids is 1. The molecule has 0 saturated heterocycles. The first-order chi connectivity index (χ1) is 15.1. The third-order valence-corrected chi connectivity index (χ3v) is 4.92. The van der Waals surface area contributed by atoms with Crippen molar-refractivity contribution in [3.63, 3.8) is 0 Å². The topological polar surface area (TPSA) is 121 Å². The fourth-order valence-corrected chi connectivity index (χ4v) is 3.18. The summed E-state index contributed by atoms with van der Waals surface area (Å²) >= 11 is 0.533. The lowest BCUT2D eigenvalue weighted by molar-refractivity contribution is -0.186. The zero-order chi connectivity index (χ0) is 25.6. The Kier molecular flexibility index (Phi) is 9.71. The molecule has 0 radical (unpaired) electrons. The molecule has 8 nitrogen and oxygen atoms in total. The summed E-state index contributed by atoms with van der Waals surface area (Å²) in [7, 11) is 0. The van der Waals surface area contributed by atoms with Gasteiger partial charge in [0.15, 0.2) is 6.04 Å². The van der Waals surface area contributed by atoms with Crippen LogP contribution in [0.3, 0.4) is 0 Å². The number of benzene rings is 1. The van der Waals surface area contributed by atoms with Gasteiger partial charge in [-0.3, -0.25) is 14.8 Å². The average molecular weight is 505 g/mol. The highest BCUT2D eigenvalue weighted by molar-refractivity contribution is 8.00. The summed E-state index contributed by atoms with van der Waals surface area (Å²) in [6.07, 6.45) is -10.5. The minimum atomic E-state index is -5.12. The van der Waals surface area contributed by atoms with Crippen molar-refractivity contribution in [1.82, 2.24) is 5.06 Å². The van der Waals surface area contributed by atoms with Crippen LogP contribution in [0.4, 0.5) is 26.3 Å². The quantitative estimate of drug-likeness (QED) is 0.164. The maximum atomic E-state index is 12.9. The van der Waals surface area contributed by atoms with Crippen LogP contribution in [-0.2, 0) is 42.9 Å². The lowest BCUT2D eigenvalue weighted by Crippen LogP contribution is -2.45. The maximum Gasteiger partial charge on any atom is 0.416 e. The van der Waals surface area contributed by atoms with Crippen LogP contribution < -0.4 is 0 Å². The number of ether oxygens (including phenoxy) is 1. The highest BCUT2D eigenvalue weighted by atomic mass is 32.2. The molecule has 2 N–H and O–H groups in total. The Labute approximate surface area is 186 Å². The number of Topliss-reactive ketones (excluding diaryl/α,β-unsaturated/α-hetero) is 1. The summed E-state index contributed by atoms with van der Waals surface area (Å²) in [6, 6.07) is -1.24. The number of thioether (sulfide) groups is 1. The van der Waals surface area contributed by atoms with Gasteiger partial charge in [-0.2, -0.15) is 38.1 Å². The molecule has 0 heterocycles. The van der Waals surface area contributed by atoms with Gasteiger partial charge in [0.25, 0.3) is 0 Å². The standard InChI is InChI=1S/C18H17F6NO7S/c1-2-14(27)25(31)12(7-33-8-13(26)15(28)29)16(30)32-6-9-3-10(17(19,20)21)5-11(4-9)18(22,23)24/h3-5,12,31H,2,6-8H2,1H3,(H,28,29). The summed E-state index contributed by atoms with van der Waals surface area (Å²) in [6.45, 7) is 0.256. The molecule has 33 heavy (non-hydrogen) atoms. The normalized spacial score (nSPS) is 12.7. The van der Waals surface area contributed by atoms with Crippen molar-refractivity contribution in [2.45, 2.75) is 38.3 Å². The number of hydrogen-bond acceptors (Lipinski definition) is 7. The Morgan fingerprint density at radius 1 is 1.03 bits per heavy atom. The molecule has 0 fully saturated rings. The first kappa shape index (κ1) is 28.2. The van der Waals surface area contributed by atoms with Crippen molar-refractivity contribution < 1.29 is 60.6 Å². The van der Waals surface area contributed by atoms with Crippen molar-refractivity contribution in [3.05, 3.63) is 34.9 Å². The fraction of sp³-hybridized carbons (Fsp3) is 0.444. The fourth-order valence-electron chi connectivity index (χ4n) is 2.25. The van der Waals surface area contributed by atoms with Crippen molar-refractivity contribution in [1.29, 1.82) is 0 Å². The monoisotopic (exact) mass is 505 g/mol. The minimum absolute atomic E-state index is 0.0617. The number of carbonyl (C=O) groups is 4. The van der Waals surface area contributed by atoms with Crippen molar-refractivity contribution in [2.75, 3.05) is 11.5 Å². The first-order valence-electron chi connectivity index (χ1n) is 8.87. The molecule has 1 unspecified atom stereocenters. The molecule has 1 aromatic carbocycles. The minimum Gasteiger partial charge on any atom is -0.475 e. The SMILES string of the molecule is CCC(=O)N(O)C(CSCC(=O)C(=O)O)C(=O)OCc1cc(C(F)(F)F)cc(C(F)(F)F)c1. The molecule has 1 amide bonds. The van der Waals surface area contributed by atoms with Gasteiger partial charge in [0.2, 0.25) is 11.7 Å². The van der Waals surface area contributed by atoms with Crippen molar-refractivity contribution in [3.8, 4) is 0 Å². The second kappa shape index (κ2) is 11.4. The van der Waals surface area contributed by atoms with Crippen LogP contribution >= 0.6 is 11.8 Å². The van der Waals surface area contributed by atoms with Crippen LogP contribution in [0.25, 0.3) is 0 Å². The van der Waals surface area contributed by atoms with E-state index in [1.54, 1.807) is 0 Å². The molecule has 1 rings (SSSR count). The lowest BCUT2D eigenvalue weighted by atomic mass is 10.1. The van der Waals surface area contributed by atoms with Gasteiger partial charge >= 0.3 is 24.3 Å².